The van der Waals surface area contributed by atoms with E-state index in [2.05, 4.69) is 13.8 Å². The Bertz CT molecular complexity index is 455. The highest BCUT2D eigenvalue weighted by atomic mass is 16.7. The largest absolute Gasteiger partial charge is 0.478 e. The van der Waals surface area contributed by atoms with Crippen LogP contribution in [-0.2, 0) is 15.3 Å². The highest BCUT2D eigenvalue weighted by Gasteiger charge is 2.40. The number of hydrogen-bond donors (Lipinski definition) is 1. The first kappa shape index (κ1) is 13.1. The Kier molecular flexibility index (Phi) is 3.17. The van der Waals surface area contributed by atoms with E-state index in [-0.39, 0.29) is 11.0 Å². The van der Waals surface area contributed by atoms with Gasteiger partial charge in [0.1, 0.15) is 0 Å². The van der Waals surface area contributed by atoms with Gasteiger partial charge in [-0.15, -0.1) is 0 Å². The summed E-state index contributed by atoms with van der Waals surface area (Å²) in [5, 5.41) is 9.20. The SMILES string of the molecule is CC1(C)COC(C)(c2ccccc2C(=O)O)OC1. The summed E-state index contributed by atoms with van der Waals surface area (Å²) in [5.41, 5.74) is 0.741. The van der Waals surface area contributed by atoms with Crippen LogP contribution in [0.2, 0.25) is 0 Å². The van der Waals surface area contributed by atoms with Gasteiger partial charge in [-0.1, -0.05) is 32.0 Å². The van der Waals surface area contributed by atoms with Crippen LogP contribution in [-0.4, -0.2) is 24.3 Å². The molecule has 0 bridgehead atoms. The Morgan fingerprint density at radius 2 is 1.72 bits per heavy atom. The Morgan fingerprint density at radius 3 is 2.28 bits per heavy atom. The summed E-state index contributed by atoms with van der Waals surface area (Å²) in [6, 6.07) is 6.79. The molecular weight excluding hydrogens is 232 g/mol. The first-order chi connectivity index (χ1) is 8.34. The molecule has 0 radical (unpaired) electrons. The smallest absolute Gasteiger partial charge is 0.336 e. The molecule has 0 saturated carbocycles. The highest BCUT2D eigenvalue weighted by Crippen LogP contribution is 2.37. The van der Waals surface area contributed by atoms with Gasteiger partial charge in [-0.05, 0) is 13.0 Å². The van der Waals surface area contributed by atoms with Crippen LogP contribution in [0.25, 0.3) is 0 Å². The number of hydrogen-bond acceptors (Lipinski definition) is 3. The molecule has 0 amide bonds. The maximum Gasteiger partial charge on any atom is 0.336 e. The molecule has 0 atom stereocenters. The van der Waals surface area contributed by atoms with E-state index in [1.54, 1.807) is 31.2 Å². The van der Waals surface area contributed by atoms with Gasteiger partial charge in [0, 0.05) is 11.0 Å². The van der Waals surface area contributed by atoms with E-state index in [0.717, 1.165) is 0 Å². The minimum Gasteiger partial charge on any atom is -0.478 e. The van der Waals surface area contributed by atoms with E-state index < -0.39 is 11.8 Å². The van der Waals surface area contributed by atoms with E-state index in [4.69, 9.17) is 9.47 Å². The molecule has 2 rings (SSSR count). The third kappa shape index (κ3) is 2.40. The molecule has 0 aliphatic carbocycles. The lowest BCUT2D eigenvalue weighted by Gasteiger charge is -2.42. The minimum atomic E-state index is -0.982. The van der Waals surface area contributed by atoms with Gasteiger partial charge >= 0.3 is 5.97 Å². The fourth-order valence-electron chi connectivity index (χ4n) is 1.97. The average molecular weight is 250 g/mol. The molecule has 0 unspecified atom stereocenters. The van der Waals surface area contributed by atoms with E-state index >= 15 is 0 Å². The van der Waals surface area contributed by atoms with E-state index in [1.165, 1.54) is 0 Å². The molecule has 1 heterocycles. The Morgan fingerprint density at radius 1 is 1.17 bits per heavy atom. The minimum absolute atomic E-state index is 0.0440. The fourth-order valence-corrected chi connectivity index (χ4v) is 1.97. The molecule has 0 aromatic heterocycles. The molecule has 4 nitrogen and oxygen atoms in total. The second-order valence-electron chi connectivity index (χ2n) is 5.54. The number of benzene rings is 1. The van der Waals surface area contributed by atoms with Gasteiger partial charge in [0.2, 0.25) is 0 Å². The molecule has 1 saturated heterocycles. The van der Waals surface area contributed by atoms with Crippen molar-refractivity contribution in [1.82, 2.24) is 0 Å². The van der Waals surface area contributed by atoms with Gasteiger partial charge in [-0.2, -0.15) is 0 Å². The Hall–Kier alpha value is -1.39. The molecule has 1 aromatic carbocycles. The topological polar surface area (TPSA) is 55.8 Å². The predicted molar refractivity (Wildman–Crippen MR) is 66.4 cm³/mol. The summed E-state index contributed by atoms with van der Waals surface area (Å²) in [4.78, 5) is 11.2. The number of ether oxygens (including phenoxy) is 2. The molecule has 98 valence electrons. The Balaban J connectivity index is 2.34. The zero-order valence-corrected chi connectivity index (χ0v) is 10.9. The average Bonchev–Trinajstić information content (AvgIpc) is 2.33. The number of carboxylic acids is 1. The van der Waals surface area contributed by atoms with E-state index in [0.29, 0.717) is 18.8 Å². The number of carbonyl (C=O) groups is 1. The third-order valence-electron chi connectivity index (χ3n) is 3.12. The molecule has 1 aliphatic rings. The van der Waals surface area contributed by atoms with Gasteiger partial charge < -0.3 is 14.6 Å². The summed E-state index contributed by atoms with van der Waals surface area (Å²) in [5.74, 6) is -1.95. The summed E-state index contributed by atoms with van der Waals surface area (Å²) in [6.07, 6.45) is 0. The summed E-state index contributed by atoms with van der Waals surface area (Å²) in [6.45, 7) is 6.95. The van der Waals surface area contributed by atoms with E-state index in [1.807, 2.05) is 0 Å². The Labute approximate surface area is 107 Å². The summed E-state index contributed by atoms with van der Waals surface area (Å²) in [7, 11) is 0. The lowest BCUT2D eigenvalue weighted by molar-refractivity contribution is -0.298. The van der Waals surface area contributed by atoms with E-state index in [9.17, 15) is 9.90 Å². The quantitative estimate of drug-likeness (QED) is 0.876. The van der Waals surface area contributed by atoms with Crippen molar-refractivity contribution in [2.45, 2.75) is 26.6 Å². The van der Waals surface area contributed by atoms with Crippen molar-refractivity contribution < 1.29 is 19.4 Å². The van der Waals surface area contributed by atoms with Crippen LogP contribution in [0.4, 0.5) is 0 Å². The second-order valence-corrected chi connectivity index (χ2v) is 5.54. The van der Waals surface area contributed by atoms with Crippen LogP contribution in [0, 0.1) is 5.41 Å². The molecule has 1 aliphatic heterocycles. The van der Waals surface area contributed by atoms with Gasteiger partial charge in [-0.3, -0.25) is 0 Å². The van der Waals surface area contributed by atoms with Crippen molar-refractivity contribution >= 4 is 5.97 Å². The van der Waals surface area contributed by atoms with Gasteiger partial charge in [0.15, 0.2) is 5.79 Å². The maximum absolute atomic E-state index is 11.2. The number of aromatic carboxylic acids is 1. The highest BCUT2D eigenvalue weighted by molar-refractivity contribution is 5.89. The molecular formula is C14H18O4. The maximum atomic E-state index is 11.2. The fraction of sp³-hybridized carbons (Fsp3) is 0.500. The first-order valence-electron chi connectivity index (χ1n) is 5.95. The van der Waals surface area contributed by atoms with Crippen molar-refractivity contribution in [2.24, 2.45) is 5.41 Å². The van der Waals surface area contributed by atoms with Gasteiger partial charge in [0.05, 0.1) is 18.8 Å². The van der Waals surface area contributed by atoms with Crippen molar-refractivity contribution in [3.8, 4) is 0 Å². The molecule has 4 heteroatoms. The normalized spacial score (nSPS) is 21.5. The number of rotatable bonds is 2. The van der Waals surface area contributed by atoms with Crippen LogP contribution in [0.1, 0.15) is 36.7 Å². The lowest BCUT2D eigenvalue weighted by Crippen LogP contribution is -2.44. The molecule has 1 N–H and O–H groups in total. The van der Waals surface area contributed by atoms with Crippen molar-refractivity contribution in [3.63, 3.8) is 0 Å². The van der Waals surface area contributed by atoms with Crippen molar-refractivity contribution in [1.29, 1.82) is 0 Å². The van der Waals surface area contributed by atoms with Crippen LogP contribution in [0.15, 0.2) is 24.3 Å². The summed E-state index contributed by atoms with van der Waals surface area (Å²) >= 11 is 0. The lowest BCUT2D eigenvalue weighted by atomic mass is 9.92. The molecule has 1 fully saturated rings. The van der Waals surface area contributed by atoms with Crippen LogP contribution >= 0.6 is 0 Å². The van der Waals surface area contributed by atoms with Crippen molar-refractivity contribution in [2.75, 3.05) is 13.2 Å². The van der Waals surface area contributed by atoms with Crippen LogP contribution in [0.3, 0.4) is 0 Å². The van der Waals surface area contributed by atoms with Crippen molar-refractivity contribution in [3.05, 3.63) is 35.4 Å². The first-order valence-corrected chi connectivity index (χ1v) is 5.95. The van der Waals surface area contributed by atoms with Gasteiger partial charge in [-0.25, -0.2) is 4.79 Å². The zero-order chi connectivity index (χ0) is 13.4. The van der Waals surface area contributed by atoms with Crippen LogP contribution in [0.5, 0.6) is 0 Å². The predicted octanol–water partition coefficient (Wildman–Crippen LogP) is 2.63. The van der Waals surface area contributed by atoms with Crippen LogP contribution < -0.4 is 0 Å². The molecule has 0 spiro atoms. The second kappa shape index (κ2) is 4.37. The molecule has 1 aromatic rings. The number of carboxylic acid groups (broad SMARTS) is 1. The monoisotopic (exact) mass is 250 g/mol. The third-order valence-corrected chi connectivity index (χ3v) is 3.12. The van der Waals surface area contributed by atoms with Gasteiger partial charge in [0.25, 0.3) is 0 Å². The molecule has 18 heavy (non-hydrogen) atoms. The standard InChI is InChI=1S/C14H18O4/c1-13(2)8-17-14(3,18-9-13)11-7-5-4-6-10(11)12(15)16/h4-7H,8-9H2,1-3H3,(H,15,16). The summed E-state index contributed by atoms with van der Waals surface area (Å²) < 4.78 is 11.5. The zero-order valence-electron chi connectivity index (χ0n) is 10.9.